The highest BCUT2D eigenvalue weighted by Crippen LogP contribution is 2.44. The molecule has 3 nitrogen and oxygen atoms in total. The van der Waals surface area contributed by atoms with Gasteiger partial charge in [-0.2, -0.15) is 4.57 Å². The summed E-state index contributed by atoms with van der Waals surface area (Å²) in [6.07, 6.45) is 7.96. The minimum Gasteiger partial charge on any atom is -0.456 e. The average molecular weight is 500 g/mol. The number of aromatic nitrogens is 1. The molecule has 190 valence electrons. The highest BCUT2D eigenvalue weighted by atomic mass is 16.3. The summed E-state index contributed by atoms with van der Waals surface area (Å²) < 4.78 is 9.10. The molecule has 5 aromatic rings. The zero-order chi connectivity index (χ0) is 26.4. The van der Waals surface area contributed by atoms with Crippen molar-refractivity contribution in [2.75, 3.05) is 0 Å². The maximum absolute atomic E-state index is 7.86. The fourth-order valence-electron chi connectivity index (χ4n) is 6.35. The van der Waals surface area contributed by atoms with Crippen LogP contribution >= 0.6 is 0 Å². The molecule has 0 unspecified atom stereocenters. The van der Waals surface area contributed by atoms with Crippen LogP contribution in [0.3, 0.4) is 0 Å². The fraction of sp³-hybridized carbons (Fsp3) is 0.314. The molecule has 0 atom stereocenters. The van der Waals surface area contributed by atoms with E-state index < -0.39 is 0 Å². The third kappa shape index (κ3) is 4.19. The van der Waals surface area contributed by atoms with Gasteiger partial charge in [-0.25, -0.2) is 4.85 Å². The van der Waals surface area contributed by atoms with Gasteiger partial charge >= 0.3 is 0 Å². The number of aryl methyl sites for hydroxylation is 3. The Labute approximate surface area is 225 Å². The van der Waals surface area contributed by atoms with Crippen molar-refractivity contribution in [1.29, 1.82) is 0 Å². The first-order valence-electron chi connectivity index (χ1n) is 13.9. The van der Waals surface area contributed by atoms with Crippen molar-refractivity contribution in [2.45, 2.75) is 59.3 Å². The number of pyridine rings is 1. The smallest absolute Gasteiger partial charge is 0.216 e. The van der Waals surface area contributed by atoms with Gasteiger partial charge in [-0.1, -0.05) is 86.2 Å². The SMILES string of the molecule is [C-]#[N+]c1ccc2c(oc3c(-c4cc(CC5CCCCC5)cc(C)[n+]4C)c(C)ccc32)c1-c1ccc(C)cc1. The Morgan fingerprint density at radius 3 is 2.24 bits per heavy atom. The summed E-state index contributed by atoms with van der Waals surface area (Å²) in [6, 6.07) is 21.5. The molecule has 6 rings (SSSR count). The van der Waals surface area contributed by atoms with E-state index in [1.807, 2.05) is 6.07 Å². The second-order valence-electron chi connectivity index (χ2n) is 11.2. The first-order chi connectivity index (χ1) is 18.4. The summed E-state index contributed by atoms with van der Waals surface area (Å²) in [4.78, 5) is 3.87. The van der Waals surface area contributed by atoms with E-state index >= 15 is 0 Å². The highest BCUT2D eigenvalue weighted by molar-refractivity contribution is 6.15. The Bertz CT molecular complexity index is 1710. The molecule has 1 aliphatic rings. The Balaban J connectivity index is 1.58. The van der Waals surface area contributed by atoms with E-state index in [0.29, 0.717) is 5.69 Å². The molecule has 0 spiro atoms. The van der Waals surface area contributed by atoms with Crippen molar-refractivity contribution in [2.24, 2.45) is 13.0 Å². The minimum atomic E-state index is 0.620. The standard InChI is InChI=1S/C35H35N2O/c1-22-11-14-27(15-12-22)33-30(36-4)18-17-29-28-16-13-23(2)32(34(28)38-35(29)33)31-21-26(19-24(3)37(31)5)20-25-9-7-6-8-10-25/h11-19,21,25H,6-10,20H2,1-3,5H3/q+1. The van der Waals surface area contributed by atoms with Gasteiger partial charge in [-0.05, 0) is 42.9 Å². The van der Waals surface area contributed by atoms with Crippen LogP contribution in [0, 0.1) is 33.3 Å². The van der Waals surface area contributed by atoms with E-state index in [1.54, 1.807) is 0 Å². The Hall–Kier alpha value is -3.90. The van der Waals surface area contributed by atoms with Crippen LogP contribution in [0.5, 0.6) is 0 Å². The van der Waals surface area contributed by atoms with Gasteiger partial charge < -0.3 is 4.42 Å². The van der Waals surface area contributed by atoms with Crippen LogP contribution < -0.4 is 4.57 Å². The normalized spacial score (nSPS) is 14.3. The van der Waals surface area contributed by atoms with Gasteiger partial charge in [0.05, 0.1) is 12.1 Å². The third-order valence-electron chi connectivity index (χ3n) is 8.57. The predicted molar refractivity (Wildman–Crippen MR) is 157 cm³/mol. The van der Waals surface area contributed by atoms with E-state index in [4.69, 9.17) is 11.0 Å². The summed E-state index contributed by atoms with van der Waals surface area (Å²) >= 11 is 0. The minimum absolute atomic E-state index is 0.620. The molecule has 38 heavy (non-hydrogen) atoms. The zero-order valence-corrected chi connectivity index (χ0v) is 22.9. The molecule has 0 saturated heterocycles. The van der Waals surface area contributed by atoms with Crippen LogP contribution in [-0.4, -0.2) is 0 Å². The molecular weight excluding hydrogens is 464 g/mol. The van der Waals surface area contributed by atoms with Gasteiger partial charge in [0, 0.05) is 35.4 Å². The van der Waals surface area contributed by atoms with E-state index in [2.05, 4.69) is 91.8 Å². The molecule has 2 aromatic heterocycles. The maximum Gasteiger partial charge on any atom is 0.216 e. The molecule has 3 heteroatoms. The largest absolute Gasteiger partial charge is 0.456 e. The second-order valence-corrected chi connectivity index (χ2v) is 11.2. The quantitative estimate of drug-likeness (QED) is 0.178. The second kappa shape index (κ2) is 9.76. The van der Waals surface area contributed by atoms with Gasteiger partial charge in [0.1, 0.15) is 18.2 Å². The molecule has 1 fully saturated rings. The van der Waals surface area contributed by atoms with Gasteiger partial charge in [0.25, 0.3) is 0 Å². The van der Waals surface area contributed by atoms with Gasteiger partial charge in [0.15, 0.2) is 11.4 Å². The van der Waals surface area contributed by atoms with Crippen molar-refractivity contribution < 1.29 is 8.98 Å². The molecule has 0 amide bonds. The van der Waals surface area contributed by atoms with Crippen molar-refractivity contribution in [1.82, 2.24) is 0 Å². The molecule has 1 saturated carbocycles. The van der Waals surface area contributed by atoms with Gasteiger partial charge in [-0.3, -0.25) is 0 Å². The van der Waals surface area contributed by atoms with E-state index in [1.165, 1.54) is 60.2 Å². The number of hydrogen-bond donors (Lipinski definition) is 0. The molecule has 1 aliphatic carbocycles. The van der Waals surface area contributed by atoms with Crippen molar-refractivity contribution in [3.05, 3.63) is 94.5 Å². The van der Waals surface area contributed by atoms with Crippen LogP contribution in [0.15, 0.2) is 65.1 Å². The van der Waals surface area contributed by atoms with Gasteiger partial charge in [0.2, 0.25) is 5.69 Å². The Morgan fingerprint density at radius 2 is 1.53 bits per heavy atom. The van der Waals surface area contributed by atoms with Gasteiger partial charge in [-0.15, -0.1) is 0 Å². The summed E-state index contributed by atoms with van der Waals surface area (Å²) in [6.45, 7) is 14.3. The van der Waals surface area contributed by atoms with E-state index in [-0.39, 0.29) is 0 Å². The molecule has 0 bridgehead atoms. The summed E-state index contributed by atoms with van der Waals surface area (Å²) in [7, 11) is 2.16. The molecular formula is C35H35N2O+. The van der Waals surface area contributed by atoms with Crippen LogP contribution in [0.1, 0.15) is 54.5 Å². The van der Waals surface area contributed by atoms with E-state index in [9.17, 15) is 0 Å². The maximum atomic E-state index is 7.86. The lowest BCUT2D eigenvalue weighted by Crippen LogP contribution is -2.35. The number of fused-ring (bicyclic) bond motifs is 3. The Morgan fingerprint density at radius 1 is 0.842 bits per heavy atom. The number of hydrogen-bond acceptors (Lipinski definition) is 1. The first kappa shape index (κ1) is 24.4. The topological polar surface area (TPSA) is 21.4 Å². The lowest BCUT2D eigenvalue weighted by atomic mass is 9.84. The zero-order valence-electron chi connectivity index (χ0n) is 22.9. The molecule has 3 aromatic carbocycles. The van der Waals surface area contributed by atoms with Crippen molar-refractivity contribution in [3.8, 4) is 22.4 Å². The lowest BCUT2D eigenvalue weighted by Gasteiger charge is -2.21. The third-order valence-corrected chi connectivity index (χ3v) is 8.57. The van der Waals surface area contributed by atoms with Crippen LogP contribution in [0.25, 0.3) is 49.2 Å². The van der Waals surface area contributed by atoms with Crippen molar-refractivity contribution >= 4 is 27.6 Å². The van der Waals surface area contributed by atoms with Crippen molar-refractivity contribution in [3.63, 3.8) is 0 Å². The number of benzene rings is 3. The first-order valence-corrected chi connectivity index (χ1v) is 13.9. The van der Waals surface area contributed by atoms with E-state index in [0.717, 1.165) is 51.0 Å². The molecule has 0 aliphatic heterocycles. The molecule has 0 N–H and O–H groups in total. The number of nitrogens with zero attached hydrogens (tertiary/aromatic N) is 2. The summed E-state index contributed by atoms with van der Waals surface area (Å²) in [5.41, 5.74) is 11.6. The van der Waals surface area contributed by atoms with Crippen LogP contribution in [-0.2, 0) is 13.5 Å². The van der Waals surface area contributed by atoms with Crippen LogP contribution in [0.4, 0.5) is 5.69 Å². The molecule has 2 heterocycles. The highest BCUT2D eigenvalue weighted by Gasteiger charge is 2.25. The summed E-state index contributed by atoms with van der Waals surface area (Å²) in [5, 5.41) is 2.16. The monoisotopic (exact) mass is 499 g/mol. The van der Waals surface area contributed by atoms with Crippen LogP contribution in [0.2, 0.25) is 0 Å². The number of furan rings is 1. The lowest BCUT2D eigenvalue weighted by molar-refractivity contribution is -0.666. The summed E-state index contributed by atoms with van der Waals surface area (Å²) in [5.74, 6) is 0.788. The molecule has 0 radical (unpaired) electrons. The Kier molecular flexibility index (Phi) is 6.28. The predicted octanol–water partition coefficient (Wildman–Crippen LogP) is 9.34. The number of rotatable bonds is 4. The average Bonchev–Trinajstić information content (AvgIpc) is 3.30. The fourth-order valence-corrected chi connectivity index (χ4v) is 6.35.